The van der Waals surface area contributed by atoms with E-state index in [0.29, 0.717) is 11.5 Å². The molecule has 2 aromatic rings. The Kier molecular flexibility index (Phi) is 4.12. The van der Waals surface area contributed by atoms with Gasteiger partial charge in [0.15, 0.2) is 0 Å². The molecule has 0 spiro atoms. The second-order valence-electron chi connectivity index (χ2n) is 4.45. The molecule has 0 radical (unpaired) electrons. The molecule has 2 N–H and O–H groups in total. The maximum absolute atomic E-state index is 13.2. The van der Waals surface area contributed by atoms with Gasteiger partial charge < -0.3 is 10.5 Å². The van der Waals surface area contributed by atoms with Crippen molar-refractivity contribution in [3.8, 4) is 11.5 Å². The standard InChI is InChI=1S/C15H17FN2O/c1-3-13(17)14-7-6-12(9-18-14)19-15-8-11(16)5-4-10(15)2/h4-9,13H,3,17H2,1-2H3/t13-/m1/s1. The summed E-state index contributed by atoms with van der Waals surface area (Å²) in [5.41, 5.74) is 7.58. The minimum atomic E-state index is -0.321. The van der Waals surface area contributed by atoms with E-state index in [1.807, 2.05) is 19.9 Å². The predicted molar refractivity (Wildman–Crippen MR) is 72.7 cm³/mol. The minimum Gasteiger partial charge on any atom is -0.455 e. The fourth-order valence-corrected chi connectivity index (χ4v) is 1.69. The second kappa shape index (κ2) is 5.80. The van der Waals surface area contributed by atoms with Gasteiger partial charge in [-0.3, -0.25) is 4.98 Å². The molecule has 1 aromatic heterocycles. The smallest absolute Gasteiger partial charge is 0.145 e. The zero-order valence-electron chi connectivity index (χ0n) is 11.1. The monoisotopic (exact) mass is 260 g/mol. The lowest BCUT2D eigenvalue weighted by molar-refractivity contribution is 0.469. The van der Waals surface area contributed by atoms with Crippen molar-refractivity contribution in [2.45, 2.75) is 26.3 Å². The maximum atomic E-state index is 13.2. The van der Waals surface area contributed by atoms with Crippen molar-refractivity contribution >= 4 is 0 Å². The van der Waals surface area contributed by atoms with E-state index >= 15 is 0 Å². The normalized spacial score (nSPS) is 12.2. The van der Waals surface area contributed by atoms with Crippen LogP contribution in [-0.2, 0) is 0 Å². The van der Waals surface area contributed by atoms with Crippen LogP contribution in [0.1, 0.15) is 30.6 Å². The van der Waals surface area contributed by atoms with Gasteiger partial charge in [-0.05, 0) is 37.1 Å². The lowest BCUT2D eigenvalue weighted by atomic mass is 10.1. The summed E-state index contributed by atoms with van der Waals surface area (Å²) in [5, 5.41) is 0. The van der Waals surface area contributed by atoms with Gasteiger partial charge in [-0.2, -0.15) is 0 Å². The molecular weight excluding hydrogens is 243 g/mol. The Balaban J connectivity index is 2.17. The van der Waals surface area contributed by atoms with E-state index in [4.69, 9.17) is 10.5 Å². The van der Waals surface area contributed by atoms with Crippen molar-refractivity contribution in [2.75, 3.05) is 0 Å². The Morgan fingerprint density at radius 2 is 2.11 bits per heavy atom. The average molecular weight is 260 g/mol. The number of nitrogens with two attached hydrogens (primary N) is 1. The molecule has 0 saturated carbocycles. The van der Waals surface area contributed by atoms with Crippen LogP contribution in [0.5, 0.6) is 11.5 Å². The largest absolute Gasteiger partial charge is 0.455 e. The van der Waals surface area contributed by atoms with Gasteiger partial charge in [-0.1, -0.05) is 13.0 Å². The number of hydrogen-bond donors (Lipinski definition) is 1. The highest BCUT2D eigenvalue weighted by Crippen LogP contribution is 2.25. The lowest BCUT2D eigenvalue weighted by Gasteiger charge is -2.11. The number of hydrogen-bond acceptors (Lipinski definition) is 3. The highest BCUT2D eigenvalue weighted by molar-refractivity contribution is 5.37. The van der Waals surface area contributed by atoms with Gasteiger partial charge in [0.1, 0.15) is 17.3 Å². The zero-order valence-corrected chi connectivity index (χ0v) is 11.1. The Morgan fingerprint density at radius 3 is 2.74 bits per heavy atom. The Bertz CT molecular complexity index is 555. The van der Waals surface area contributed by atoms with Crippen molar-refractivity contribution < 1.29 is 9.13 Å². The SMILES string of the molecule is CC[C@@H](N)c1ccc(Oc2cc(F)ccc2C)cn1. The molecule has 0 fully saturated rings. The molecule has 0 saturated heterocycles. The van der Waals surface area contributed by atoms with E-state index in [2.05, 4.69) is 4.98 Å². The quantitative estimate of drug-likeness (QED) is 0.911. The summed E-state index contributed by atoms with van der Waals surface area (Å²) < 4.78 is 18.8. The van der Waals surface area contributed by atoms with Crippen LogP contribution in [0, 0.1) is 12.7 Å². The Morgan fingerprint density at radius 1 is 1.32 bits per heavy atom. The number of halogens is 1. The van der Waals surface area contributed by atoms with Crippen molar-refractivity contribution in [3.63, 3.8) is 0 Å². The molecule has 19 heavy (non-hydrogen) atoms. The third kappa shape index (κ3) is 3.29. The Labute approximate surface area is 112 Å². The molecule has 0 aliphatic carbocycles. The van der Waals surface area contributed by atoms with Crippen LogP contribution in [0.3, 0.4) is 0 Å². The van der Waals surface area contributed by atoms with E-state index in [-0.39, 0.29) is 11.9 Å². The van der Waals surface area contributed by atoms with E-state index in [0.717, 1.165) is 17.7 Å². The van der Waals surface area contributed by atoms with E-state index in [1.54, 1.807) is 18.3 Å². The highest BCUT2D eigenvalue weighted by atomic mass is 19.1. The van der Waals surface area contributed by atoms with Gasteiger partial charge in [0.2, 0.25) is 0 Å². The lowest BCUT2D eigenvalue weighted by Crippen LogP contribution is -2.10. The number of aromatic nitrogens is 1. The first-order valence-corrected chi connectivity index (χ1v) is 6.25. The predicted octanol–water partition coefficient (Wildman–Crippen LogP) is 3.73. The van der Waals surface area contributed by atoms with Crippen molar-refractivity contribution in [1.29, 1.82) is 0 Å². The van der Waals surface area contributed by atoms with Gasteiger partial charge in [0, 0.05) is 12.1 Å². The maximum Gasteiger partial charge on any atom is 0.145 e. The van der Waals surface area contributed by atoms with Crippen LogP contribution >= 0.6 is 0 Å². The molecule has 0 bridgehead atoms. The highest BCUT2D eigenvalue weighted by Gasteiger charge is 2.07. The first-order chi connectivity index (χ1) is 9.10. The summed E-state index contributed by atoms with van der Waals surface area (Å²) in [6.07, 6.45) is 2.44. The van der Waals surface area contributed by atoms with E-state index < -0.39 is 0 Å². The number of ether oxygens (including phenoxy) is 1. The topological polar surface area (TPSA) is 48.1 Å². The third-order valence-corrected chi connectivity index (χ3v) is 2.96. The van der Waals surface area contributed by atoms with E-state index in [9.17, 15) is 4.39 Å². The molecule has 4 heteroatoms. The molecule has 3 nitrogen and oxygen atoms in total. The van der Waals surface area contributed by atoms with Crippen molar-refractivity contribution in [2.24, 2.45) is 5.73 Å². The molecular formula is C15H17FN2O. The van der Waals surface area contributed by atoms with Crippen LogP contribution in [0.15, 0.2) is 36.5 Å². The molecule has 2 rings (SSSR count). The number of rotatable bonds is 4. The minimum absolute atomic E-state index is 0.0649. The summed E-state index contributed by atoms with van der Waals surface area (Å²) in [6.45, 7) is 3.87. The van der Waals surface area contributed by atoms with Gasteiger partial charge in [-0.15, -0.1) is 0 Å². The average Bonchev–Trinajstić information content (AvgIpc) is 2.43. The van der Waals surface area contributed by atoms with Crippen LogP contribution in [0.4, 0.5) is 4.39 Å². The second-order valence-corrected chi connectivity index (χ2v) is 4.45. The summed E-state index contributed by atoms with van der Waals surface area (Å²) in [6, 6.07) is 8.01. The summed E-state index contributed by atoms with van der Waals surface area (Å²) in [7, 11) is 0. The number of pyridine rings is 1. The van der Waals surface area contributed by atoms with Gasteiger partial charge in [0.05, 0.1) is 11.9 Å². The van der Waals surface area contributed by atoms with Crippen LogP contribution in [0.25, 0.3) is 0 Å². The van der Waals surface area contributed by atoms with Crippen molar-refractivity contribution in [1.82, 2.24) is 4.98 Å². The zero-order chi connectivity index (χ0) is 13.8. The fraction of sp³-hybridized carbons (Fsp3) is 0.267. The number of nitrogens with zero attached hydrogens (tertiary/aromatic N) is 1. The molecule has 100 valence electrons. The summed E-state index contributed by atoms with van der Waals surface area (Å²) in [4.78, 5) is 4.25. The van der Waals surface area contributed by atoms with E-state index in [1.165, 1.54) is 12.1 Å². The molecule has 0 aliphatic heterocycles. The number of benzene rings is 1. The molecule has 0 aliphatic rings. The first kappa shape index (κ1) is 13.5. The molecule has 1 atom stereocenters. The fourth-order valence-electron chi connectivity index (χ4n) is 1.69. The molecule has 1 heterocycles. The van der Waals surface area contributed by atoms with Gasteiger partial charge >= 0.3 is 0 Å². The summed E-state index contributed by atoms with van der Waals surface area (Å²) in [5.74, 6) is 0.744. The Hall–Kier alpha value is -1.94. The number of aryl methyl sites for hydroxylation is 1. The van der Waals surface area contributed by atoms with Crippen LogP contribution in [0.2, 0.25) is 0 Å². The van der Waals surface area contributed by atoms with Gasteiger partial charge in [-0.25, -0.2) is 4.39 Å². The summed E-state index contributed by atoms with van der Waals surface area (Å²) >= 11 is 0. The van der Waals surface area contributed by atoms with Crippen LogP contribution < -0.4 is 10.5 Å². The molecule has 0 amide bonds. The third-order valence-electron chi connectivity index (χ3n) is 2.96. The van der Waals surface area contributed by atoms with Crippen LogP contribution in [-0.4, -0.2) is 4.98 Å². The molecule has 0 unspecified atom stereocenters. The van der Waals surface area contributed by atoms with Gasteiger partial charge in [0.25, 0.3) is 0 Å². The first-order valence-electron chi connectivity index (χ1n) is 6.25. The van der Waals surface area contributed by atoms with Crippen molar-refractivity contribution in [3.05, 3.63) is 53.6 Å². The molecule has 1 aromatic carbocycles.